The molecule has 1 unspecified atom stereocenters. The predicted octanol–water partition coefficient (Wildman–Crippen LogP) is 1.96. The van der Waals surface area contributed by atoms with Gasteiger partial charge in [-0.05, 0) is 45.1 Å². The Morgan fingerprint density at radius 1 is 1.33 bits per heavy atom. The second-order valence-corrected chi connectivity index (χ2v) is 6.17. The number of halogens is 1. The molecule has 0 radical (unpaired) electrons. The summed E-state index contributed by atoms with van der Waals surface area (Å²) in [5.41, 5.74) is 0.833. The number of nitrogens with one attached hydrogen (secondary N) is 1. The van der Waals surface area contributed by atoms with Crippen LogP contribution < -0.4 is 5.32 Å². The molecule has 1 aromatic heterocycles. The molecule has 7 nitrogen and oxygen atoms in total. The van der Waals surface area contributed by atoms with Gasteiger partial charge >= 0.3 is 6.03 Å². The first-order valence-corrected chi connectivity index (χ1v) is 7.91. The quantitative estimate of drug-likeness (QED) is 0.933. The summed E-state index contributed by atoms with van der Waals surface area (Å²) < 4.78 is 15.7. The predicted molar refractivity (Wildman–Crippen MR) is 88.6 cm³/mol. The van der Waals surface area contributed by atoms with Crippen LogP contribution >= 0.6 is 0 Å². The van der Waals surface area contributed by atoms with E-state index >= 15 is 0 Å². The Balaban J connectivity index is 1.73. The molecule has 0 spiro atoms. The number of anilines is 1. The van der Waals surface area contributed by atoms with Crippen molar-refractivity contribution < 1.29 is 9.18 Å². The molecule has 3 rings (SSSR count). The molecule has 1 saturated heterocycles. The number of piperidine rings is 1. The largest absolute Gasteiger partial charge is 0.323 e. The number of hydrogen-bond donors (Lipinski definition) is 1. The Kier molecular flexibility index (Phi) is 4.75. The number of benzene rings is 1. The van der Waals surface area contributed by atoms with Crippen LogP contribution in [0.3, 0.4) is 0 Å². The monoisotopic (exact) mass is 332 g/mol. The minimum atomic E-state index is -0.471. The fourth-order valence-corrected chi connectivity index (χ4v) is 2.86. The van der Waals surface area contributed by atoms with E-state index in [1.807, 2.05) is 14.1 Å². The molecule has 2 amide bonds. The van der Waals surface area contributed by atoms with Crippen molar-refractivity contribution in [2.75, 3.05) is 32.5 Å². The smallest absolute Gasteiger partial charge is 0.321 e. The first kappa shape index (κ1) is 16.4. The Morgan fingerprint density at radius 2 is 2.08 bits per heavy atom. The summed E-state index contributed by atoms with van der Waals surface area (Å²) >= 11 is 0. The van der Waals surface area contributed by atoms with E-state index < -0.39 is 5.82 Å². The van der Waals surface area contributed by atoms with Gasteiger partial charge in [0, 0.05) is 19.1 Å². The molecule has 1 atom stereocenters. The van der Waals surface area contributed by atoms with E-state index in [0.29, 0.717) is 24.8 Å². The van der Waals surface area contributed by atoms with Gasteiger partial charge in [-0.2, -0.15) is 0 Å². The number of carbonyl (C=O) groups is 1. The first-order chi connectivity index (χ1) is 11.5. The van der Waals surface area contributed by atoms with Crippen LogP contribution in [0.2, 0.25) is 0 Å². The second kappa shape index (κ2) is 6.96. The van der Waals surface area contributed by atoms with Crippen LogP contribution in [0.25, 0.3) is 5.69 Å². The van der Waals surface area contributed by atoms with Gasteiger partial charge in [0.05, 0.1) is 11.4 Å². The van der Waals surface area contributed by atoms with Gasteiger partial charge in [-0.3, -0.25) is 4.57 Å². The van der Waals surface area contributed by atoms with E-state index in [9.17, 15) is 9.18 Å². The summed E-state index contributed by atoms with van der Waals surface area (Å²) in [5.74, 6) is -0.471. The number of carbonyl (C=O) groups excluding carboxylic acids is 1. The molecule has 1 aliphatic heterocycles. The van der Waals surface area contributed by atoms with Crippen molar-refractivity contribution in [3.8, 4) is 5.69 Å². The molecule has 8 heteroatoms. The van der Waals surface area contributed by atoms with Gasteiger partial charge in [-0.1, -0.05) is 0 Å². The number of amides is 2. The minimum Gasteiger partial charge on any atom is -0.323 e. The first-order valence-electron chi connectivity index (χ1n) is 7.91. The van der Waals surface area contributed by atoms with Crippen LogP contribution in [0.1, 0.15) is 12.8 Å². The standard InChI is InChI=1S/C16H21FN6O/c1-21(2)13-4-3-7-22(9-13)16(24)20-15-8-12(5-6-14(15)17)23-10-18-19-11-23/h5-6,8,10-11,13H,3-4,7,9H2,1-2H3,(H,20,24). The maximum atomic E-state index is 14.1. The zero-order chi connectivity index (χ0) is 17.1. The highest BCUT2D eigenvalue weighted by Crippen LogP contribution is 2.20. The van der Waals surface area contributed by atoms with Crippen molar-refractivity contribution in [1.82, 2.24) is 24.6 Å². The third-order valence-corrected chi connectivity index (χ3v) is 4.32. The van der Waals surface area contributed by atoms with E-state index in [-0.39, 0.29) is 11.7 Å². The van der Waals surface area contributed by atoms with Crippen LogP contribution in [-0.2, 0) is 0 Å². The van der Waals surface area contributed by atoms with Gasteiger partial charge in [-0.15, -0.1) is 10.2 Å². The average molecular weight is 332 g/mol. The van der Waals surface area contributed by atoms with E-state index in [2.05, 4.69) is 20.4 Å². The molecular formula is C16H21FN6O. The number of aromatic nitrogens is 3. The summed E-state index contributed by atoms with van der Waals surface area (Å²) in [6.45, 7) is 1.33. The fourth-order valence-electron chi connectivity index (χ4n) is 2.86. The molecule has 0 saturated carbocycles. The number of rotatable bonds is 3. The van der Waals surface area contributed by atoms with Gasteiger partial charge < -0.3 is 15.1 Å². The van der Waals surface area contributed by atoms with Gasteiger partial charge in [-0.25, -0.2) is 9.18 Å². The lowest BCUT2D eigenvalue weighted by molar-refractivity contribution is 0.148. The van der Waals surface area contributed by atoms with Gasteiger partial charge in [0.25, 0.3) is 0 Å². The highest BCUT2D eigenvalue weighted by atomic mass is 19.1. The Labute approximate surface area is 140 Å². The fraction of sp³-hybridized carbons (Fsp3) is 0.438. The summed E-state index contributed by atoms with van der Waals surface area (Å²) in [7, 11) is 4.02. The number of urea groups is 1. The minimum absolute atomic E-state index is 0.151. The second-order valence-electron chi connectivity index (χ2n) is 6.17. The zero-order valence-electron chi connectivity index (χ0n) is 13.8. The van der Waals surface area contributed by atoms with E-state index in [0.717, 1.165) is 12.8 Å². The summed E-state index contributed by atoms with van der Waals surface area (Å²) in [4.78, 5) is 16.3. The Bertz CT molecular complexity index is 703. The average Bonchev–Trinajstić information content (AvgIpc) is 3.11. The van der Waals surface area contributed by atoms with Gasteiger partial charge in [0.2, 0.25) is 0 Å². The van der Waals surface area contributed by atoms with Crippen LogP contribution in [0, 0.1) is 5.82 Å². The molecule has 0 aliphatic carbocycles. The van der Waals surface area contributed by atoms with Crippen molar-refractivity contribution in [1.29, 1.82) is 0 Å². The number of likely N-dealkylation sites (tertiary alicyclic amines) is 1. The van der Waals surface area contributed by atoms with Crippen molar-refractivity contribution in [2.24, 2.45) is 0 Å². The maximum absolute atomic E-state index is 14.1. The molecule has 24 heavy (non-hydrogen) atoms. The van der Waals surface area contributed by atoms with Crippen molar-refractivity contribution >= 4 is 11.7 Å². The van der Waals surface area contributed by atoms with E-state index in [1.165, 1.54) is 18.7 Å². The topological polar surface area (TPSA) is 66.3 Å². The Morgan fingerprint density at radius 3 is 2.79 bits per heavy atom. The molecule has 128 valence electrons. The lowest BCUT2D eigenvalue weighted by Crippen LogP contribution is -2.48. The van der Waals surface area contributed by atoms with Crippen molar-refractivity contribution in [3.63, 3.8) is 0 Å². The SMILES string of the molecule is CN(C)C1CCCN(C(=O)Nc2cc(-n3cnnc3)ccc2F)C1. The molecule has 0 bridgehead atoms. The van der Waals surface area contributed by atoms with Crippen LogP contribution in [0.15, 0.2) is 30.9 Å². The molecule has 2 heterocycles. The molecule has 1 aliphatic rings. The summed E-state index contributed by atoms with van der Waals surface area (Å²) in [5, 5.41) is 10.1. The highest BCUT2D eigenvalue weighted by molar-refractivity contribution is 5.89. The summed E-state index contributed by atoms with van der Waals surface area (Å²) in [6, 6.07) is 4.56. The van der Waals surface area contributed by atoms with Crippen LogP contribution in [-0.4, -0.2) is 63.8 Å². The summed E-state index contributed by atoms with van der Waals surface area (Å²) in [6.07, 6.45) is 5.05. The maximum Gasteiger partial charge on any atom is 0.321 e. The van der Waals surface area contributed by atoms with E-state index in [4.69, 9.17) is 0 Å². The number of likely N-dealkylation sites (N-methyl/N-ethyl adjacent to an activating group) is 1. The lowest BCUT2D eigenvalue weighted by atomic mass is 10.1. The third kappa shape index (κ3) is 3.53. The molecule has 1 aromatic carbocycles. The molecular weight excluding hydrogens is 311 g/mol. The third-order valence-electron chi connectivity index (χ3n) is 4.32. The van der Waals surface area contributed by atoms with Crippen molar-refractivity contribution in [3.05, 3.63) is 36.7 Å². The molecule has 1 fully saturated rings. The Hall–Kier alpha value is -2.48. The lowest BCUT2D eigenvalue weighted by Gasteiger charge is -2.36. The van der Waals surface area contributed by atoms with Gasteiger partial charge in [0.15, 0.2) is 0 Å². The number of nitrogens with zero attached hydrogens (tertiary/aromatic N) is 5. The normalized spacial score (nSPS) is 18.0. The van der Waals surface area contributed by atoms with E-state index in [1.54, 1.807) is 21.6 Å². The zero-order valence-corrected chi connectivity index (χ0v) is 13.8. The van der Waals surface area contributed by atoms with Crippen LogP contribution in [0.5, 0.6) is 0 Å². The highest BCUT2D eigenvalue weighted by Gasteiger charge is 2.25. The molecule has 2 aromatic rings. The van der Waals surface area contributed by atoms with Gasteiger partial charge in [0.1, 0.15) is 18.5 Å². The van der Waals surface area contributed by atoms with Crippen molar-refractivity contribution in [2.45, 2.75) is 18.9 Å². The van der Waals surface area contributed by atoms with Crippen LogP contribution in [0.4, 0.5) is 14.9 Å². The number of hydrogen-bond acceptors (Lipinski definition) is 4. The molecule has 1 N–H and O–H groups in total.